The second-order valence-electron chi connectivity index (χ2n) is 6.85. The first-order chi connectivity index (χ1) is 12.4. The number of amides is 1. The molecule has 0 aromatic carbocycles. The van der Waals surface area contributed by atoms with Crippen molar-refractivity contribution >= 4 is 21.5 Å². The average molecular weight is 379 g/mol. The van der Waals surface area contributed by atoms with Gasteiger partial charge in [-0.15, -0.1) is 0 Å². The van der Waals surface area contributed by atoms with Crippen molar-refractivity contribution < 1.29 is 17.9 Å². The number of carbonyl (C=O) groups is 1. The number of rotatable bonds is 3. The molecule has 0 spiro atoms. The van der Waals surface area contributed by atoms with Crippen LogP contribution < -0.4 is 0 Å². The summed E-state index contributed by atoms with van der Waals surface area (Å²) in [5.74, 6) is 0.399. The molecular formula is C16H21N5O4S. The van der Waals surface area contributed by atoms with Gasteiger partial charge in [0.1, 0.15) is 17.3 Å². The van der Waals surface area contributed by atoms with Gasteiger partial charge in [-0.3, -0.25) is 4.79 Å². The summed E-state index contributed by atoms with van der Waals surface area (Å²) in [6.07, 6.45) is 6.62. The molecule has 2 aliphatic rings. The Hall–Kier alpha value is -2.07. The average Bonchev–Trinajstić information content (AvgIpc) is 3.31. The van der Waals surface area contributed by atoms with Crippen LogP contribution in [-0.2, 0) is 19.4 Å². The lowest BCUT2D eigenvalue weighted by Gasteiger charge is -2.33. The Morgan fingerprint density at radius 1 is 1.23 bits per heavy atom. The third-order valence-electron chi connectivity index (χ3n) is 5.11. The van der Waals surface area contributed by atoms with Gasteiger partial charge >= 0.3 is 0 Å². The summed E-state index contributed by atoms with van der Waals surface area (Å²) in [4.78, 5) is 22.7. The summed E-state index contributed by atoms with van der Waals surface area (Å²) in [7, 11) is -3.45. The molecule has 9 nitrogen and oxygen atoms in total. The number of fused-ring (bicyclic) bond motifs is 1. The maximum atomic E-state index is 12.5. The molecule has 2 aromatic heterocycles. The monoisotopic (exact) mass is 379 g/mol. The summed E-state index contributed by atoms with van der Waals surface area (Å²) in [6.45, 7) is 1.79. The number of piperidine rings is 1. The van der Waals surface area contributed by atoms with Crippen molar-refractivity contribution in [1.29, 1.82) is 0 Å². The molecule has 4 rings (SSSR count). The number of sulfone groups is 1. The van der Waals surface area contributed by atoms with Gasteiger partial charge in [-0.1, -0.05) is 0 Å². The second-order valence-corrected chi connectivity index (χ2v) is 8.84. The van der Waals surface area contributed by atoms with Crippen LogP contribution in [0.3, 0.4) is 0 Å². The maximum Gasteiger partial charge on any atom is 0.252 e. The lowest BCUT2D eigenvalue weighted by molar-refractivity contribution is -0.142. The minimum absolute atomic E-state index is 0.0273. The first-order valence-electron chi connectivity index (χ1n) is 8.74. The van der Waals surface area contributed by atoms with Crippen molar-refractivity contribution in [3.63, 3.8) is 0 Å². The molecule has 2 aliphatic heterocycles. The molecule has 2 saturated heterocycles. The van der Waals surface area contributed by atoms with Crippen molar-refractivity contribution in [2.45, 2.75) is 42.6 Å². The number of nitrogens with zero attached hydrogens (tertiary/aromatic N) is 5. The lowest BCUT2D eigenvalue weighted by atomic mass is 9.93. The van der Waals surface area contributed by atoms with E-state index in [2.05, 4.69) is 15.1 Å². The summed E-state index contributed by atoms with van der Waals surface area (Å²) >= 11 is 0. The molecule has 140 valence electrons. The fourth-order valence-electron chi connectivity index (χ4n) is 3.79. The molecule has 1 atom stereocenters. The number of hydrogen-bond acceptors (Lipinski definition) is 7. The number of likely N-dealkylation sites (tertiary alicyclic amines) is 1. The van der Waals surface area contributed by atoms with Crippen LogP contribution >= 0.6 is 0 Å². The highest BCUT2D eigenvalue weighted by Crippen LogP contribution is 2.32. The number of hydrogen-bond donors (Lipinski definition) is 0. The van der Waals surface area contributed by atoms with Crippen LogP contribution in [0.4, 0.5) is 0 Å². The molecule has 0 aliphatic carbocycles. The SMILES string of the molecule is CS(=O)(=O)c1cnc2ncnn2c1C1CCN(C(=O)C2CCCO2)CC1. The molecule has 0 N–H and O–H groups in total. The normalized spacial score (nSPS) is 22.2. The van der Waals surface area contributed by atoms with Gasteiger partial charge in [0.2, 0.25) is 0 Å². The van der Waals surface area contributed by atoms with E-state index in [0.717, 1.165) is 12.8 Å². The van der Waals surface area contributed by atoms with Crippen LogP contribution in [0.1, 0.15) is 37.3 Å². The van der Waals surface area contributed by atoms with Gasteiger partial charge in [-0.25, -0.2) is 13.4 Å². The summed E-state index contributed by atoms with van der Waals surface area (Å²) < 4.78 is 31.5. The molecule has 2 fully saturated rings. The van der Waals surface area contributed by atoms with Crippen LogP contribution in [0.15, 0.2) is 17.4 Å². The molecule has 10 heteroatoms. The Kier molecular flexibility index (Phi) is 4.39. The fraction of sp³-hybridized carbons (Fsp3) is 0.625. The Bertz CT molecular complexity index is 927. The largest absolute Gasteiger partial charge is 0.368 e. The Morgan fingerprint density at radius 2 is 2.00 bits per heavy atom. The summed E-state index contributed by atoms with van der Waals surface area (Å²) in [5, 5.41) is 4.16. The lowest BCUT2D eigenvalue weighted by Crippen LogP contribution is -2.43. The first-order valence-corrected chi connectivity index (χ1v) is 10.6. The molecule has 1 amide bonds. The van der Waals surface area contributed by atoms with E-state index in [1.165, 1.54) is 23.3 Å². The van der Waals surface area contributed by atoms with E-state index in [1.807, 2.05) is 4.90 Å². The zero-order valence-corrected chi connectivity index (χ0v) is 15.4. The molecule has 26 heavy (non-hydrogen) atoms. The Labute approximate surface area is 151 Å². The summed E-state index contributed by atoms with van der Waals surface area (Å²) in [5.41, 5.74) is 0.610. The second kappa shape index (κ2) is 6.58. The Balaban J connectivity index is 1.59. The minimum Gasteiger partial charge on any atom is -0.368 e. The highest BCUT2D eigenvalue weighted by molar-refractivity contribution is 7.90. The van der Waals surface area contributed by atoms with E-state index in [0.29, 0.717) is 44.0 Å². The molecular weight excluding hydrogens is 358 g/mol. The smallest absolute Gasteiger partial charge is 0.252 e. The highest BCUT2D eigenvalue weighted by atomic mass is 32.2. The molecule has 0 bridgehead atoms. The van der Waals surface area contributed by atoms with Crippen LogP contribution in [-0.4, -0.2) is 70.9 Å². The van der Waals surface area contributed by atoms with Crippen molar-refractivity contribution in [2.24, 2.45) is 0 Å². The van der Waals surface area contributed by atoms with Crippen molar-refractivity contribution in [1.82, 2.24) is 24.5 Å². The van der Waals surface area contributed by atoms with Gasteiger partial charge in [0, 0.05) is 31.9 Å². The molecule has 4 heterocycles. The predicted molar refractivity (Wildman–Crippen MR) is 91.4 cm³/mol. The highest BCUT2D eigenvalue weighted by Gasteiger charge is 2.33. The van der Waals surface area contributed by atoms with Crippen molar-refractivity contribution in [3.8, 4) is 0 Å². The molecule has 0 radical (unpaired) electrons. The van der Waals surface area contributed by atoms with Crippen molar-refractivity contribution in [2.75, 3.05) is 26.0 Å². The number of carbonyl (C=O) groups excluding carboxylic acids is 1. The van der Waals surface area contributed by atoms with Gasteiger partial charge in [-0.05, 0) is 25.7 Å². The zero-order chi connectivity index (χ0) is 18.3. The molecule has 0 saturated carbocycles. The predicted octanol–water partition coefficient (Wildman–Crippen LogP) is 0.413. The van der Waals surface area contributed by atoms with E-state index in [1.54, 1.807) is 0 Å². The minimum atomic E-state index is -3.45. The van der Waals surface area contributed by atoms with Crippen LogP contribution in [0.5, 0.6) is 0 Å². The van der Waals surface area contributed by atoms with E-state index >= 15 is 0 Å². The van der Waals surface area contributed by atoms with Gasteiger partial charge in [0.25, 0.3) is 11.7 Å². The van der Waals surface area contributed by atoms with E-state index in [-0.39, 0.29) is 22.8 Å². The number of ether oxygens (including phenoxy) is 1. The number of aromatic nitrogens is 4. The summed E-state index contributed by atoms with van der Waals surface area (Å²) in [6, 6.07) is 0. The third kappa shape index (κ3) is 3.07. The van der Waals surface area contributed by atoms with Gasteiger partial charge < -0.3 is 9.64 Å². The van der Waals surface area contributed by atoms with Gasteiger partial charge in [-0.2, -0.15) is 14.6 Å². The van der Waals surface area contributed by atoms with E-state index < -0.39 is 9.84 Å². The van der Waals surface area contributed by atoms with Gasteiger partial charge in [0.15, 0.2) is 9.84 Å². The van der Waals surface area contributed by atoms with Crippen molar-refractivity contribution in [3.05, 3.63) is 18.2 Å². The van der Waals surface area contributed by atoms with Crippen LogP contribution in [0.2, 0.25) is 0 Å². The van der Waals surface area contributed by atoms with Gasteiger partial charge in [0.05, 0.1) is 11.9 Å². The van der Waals surface area contributed by atoms with E-state index in [4.69, 9.17) is 4.74 Å². The topological polar surface area (TPSA) is 107 Å². The Morgan fingerprint density at radius 3 is 2.65 bits per heavy atom. The standard InChI is InChI=1S/C16H21N5O4S/c1-26(23,24)13-9-17-16-18-10-19-21(16)14(13)11-4-6-20(7-5-11)15(22)12-3-2-8-25-12/h9-12H,2-8H2,1H3. The van der Waals surface area contributed by atoms with E-state index in [9.17, 15) is 13.2 Å². The molecule has 1 unspecified atom stereocenters. The first kappa shape index (κ1) is 17.3. The van der Waals surface area contributed by atoms with Crippen LogP contribution in [0, 0.1) is 0 Å². The zero-order valence-electron chi connectivity index (χ0n) is 14.5. The fourth-order valence-corrected chi connectivity index (χ4v) is 4.67. The van der Waals surface area contributed by atoms with Crippen LogP contribution in [0.25, 0.3) is 5.78 Å². The molecule has 2 aromatic rings. The maximum absolute atomic E-state index is 12.5. The quantitative estimate of drug-likeness (QED) is 0.760. The third-order valence-corrected chi connectivity index (χ3v) is 6.22.